The van der Waals surface area contributed by atoms with Gasteiger partial charge in [-0.15, -0.1) is 0 Å². The summed E-state index contributed by atoms with van der Waals surface area (Å²) in [5.74, 6) is -0.691. The third-order valence-electron chi connectivity index (χ3n) is 2.63. The zero-order chi connectivity index (χ0) is 13.7. The number of hydrogen-bond donors (Lipinski definition) is 1. The van der Waals surface area contributed by atoms with Crippen molar-refractivity contribution in [2.24, 2.45) is 5.92 Å². The molecule has 1 atom stereocenters. The Morgan fingerprint density at radius 2 is 2.17 bits per heavy atom. The van der Waals surface area contributed by atoms with Gasteiger partial charge in [0.1, 0.15) is 11.9 Å². The van der Waals surface area contributed by atoms with Crippen LogP contribution in [0.1, 0.15) is 19.4 Å². The van der Waals surface area contributed by atoms with Gasteiger partial charge in [-0.05, 0) is 23.6 Å². The fourth-order valence-corrected chi connectivity index (χ4v) is 1.71. The van der Waals surface area contributed by atoms with Gasteiger partial charge in [-0.25, -0.2) is 4.39 Å². The summed E-state index contributed by atoms with van der Waals surface area (Å²) in [6.45, 7) is 4.21. The highest BCUT2D eigenvalue weighted by Gasteiger charge is 2.22. The van der Waals surface area contributed by atoms with E-state index >= 15 is 0 Å². The van der Waals surface area contributed by atoms with E-state index in [1.807, 2.05) is 13.8 Å². The van der Waals surface area contributed by atoms with E-state index in [1.165, 1.54) is 19.2 Å². The van der Waals surface area contributed by atoms with Crippen molar-refractivity contribution in [2.75, 3.05) is 7.11 Å². The van der Waals surface area contributed by atoms with Gasteiger partial charge < -0.3 is 10.1 Å². The molecular weight excluding hydrogens is 257 g/mol. The number of rotatable bonds is 5. The van der Waals surface area contributed by atoms with E-state index in [4.69, 9.17) is 16.3 Å². The minimum absolute atomic E-state index is 0.0899. The van der Waals surface area contributed by atoms with E-state index in [0.717, 1.165) is 5.56 Å². The van der Waals surface area contributed by atoms with E-state index < -0.39 is 11.9 Å². The van der Waals surface area contributed by atoms with Gasteiger partial charge in [0.15, 0.2) is 0 Å². The lowest BCUT2D eigenvalue weighted by Gasteiger charge is -2.19. The molecule has 1 rings (SSSR count). The van der Waals surface area contributed by atoms with E-state index in [0.29, 0.717) is 6.54 Å². The summed E-state index contributed by atoms with van der Waals surface area (Å²) in [5, 5.41) is 3.14. The van der Waals surface area contributed by atoms with Crippen LogP contribution in [-0.2, 0) is 16.1 Å². The molecule has 0 amide bonds. The van der Waals surface area contributed by atoms with Gasteiger partial charge in [-0.1, -0.05) is 31.5 Å². The highest BCUT2D eigenvalue weighted by molar-refractivity contribution is 6.30. The molecule has 1 N–H and O–H groups in total. The van der Waals surface area contributed by atoms with Crippen molar-refractivity contribution in [3.05, 3.63) is 34.6 Å². The van der Waals surface area contributed by atoms with Crippen LogP contribution in [0.25, 0.3) is 0 Å². The van der Waals surface area contributed by atoms with Crippen LogP contribution >= 0.6 is 11.6 Å². The third kappa shape index (κ3) is 3.96. The molecule has 0 spiro atoms. The molecule has 1 aromatic rings. The van der Waals surface area contributed by atoms with Gasteiger partial charge in [0.2, 0.25) is 0 Å². The Bertz CT molecular complexity index is 423. The van der Waals surface area contributed by atoms with E-state index in [-0.39, 0.29) is 16.9 Å². The molecule has 1 aromatic carbocycles. The quantitative estimate of drug-likeness (QED) is 0.839. The predicted molar refractivity (Wildman–Crippen MR) is 68.9 cm³/mol. The highest BCUT2D eigenvalue weighted by Crippen LogP contribution is 2.16. The number of ether oxygens (including phenoxy) is 1. The lowest BCUT2D eigenvalue weighted by atomic mass is 10.0. The van der Waals surface area contributed by atoms with Crippen molar-refractivity contribution in [2.45, 2.75) is 26.4 Å². The van der Waals surface area contributed by atoms with Gasteiger partial charge in [0.25, 0.3) is 0 Å². The molecule has 5 heteroatoms. The first kappa shape index (κ1) is 14.9. The maximum absolute atomic E-state index is 13.2. The molecule has 18 heavy (non-hydrogen) atoms. The number of halogens is 2. The number of hydrogen-bond acceptors (Lipinski definition) is 3. The van der Waals surface area contributed by atoms with Gasteiger partial charge in [0.05, 0.1) is 12.1 Å². The lowest BCUT2D eigenvalue weighted by Crippen LogP contribution is -2.41. The van der Waals surface area contributed by atoms with Crippen molar-refractivity contribution in [3.8, 4) is 0 Å². The van der Waals surface area contributed by atoms with Crippen LogP contribution < -0.4 is 5.32 Å². The number of carbonyl (C=O) groups excluding carboxylic acids is 1. The van der Waals surface area contributed by atoms with Crippen molar-refractivity contribution in [1.82, 2.24) is 5.32 Å². The molecule has 0 saturated heterocycles. The topological polar surface area (TPSA) is 38.3 Å². The molecule has 0 bridgehead atoms. The van der Waals surface area contributed by atoms with Crippen LogP contribution in [-0.4, -0.2) is 19.1 Å². The Morgan fingerprint density at radius 1 is 1.50 bits per heavy atom. The van der Waals surface area contributed by atoms with Gasteiger partial charge in [0, 0.05) is 6.54 Å². The van der Waals surface area contributed by atoms with Gasteiger partial charge in [-0.2, -0.15) is 0 Å². The zero-order valence-corrected chi connectivity index (χ0v) is 11.4. The molecule has 3 nitrogen and oxygen atoms in total. The summed E-state index contributed by atoms with van der Waals surface area (Å²) in [5.41, 5.74) is 0.728. The summed E-state index contributed by atoms with van der Waals surface area (Å²) in [6, 6.07) is 4.15. The minimum atomic E-state index is -0.463. The molecular formula is C13H17ClFNO2. The maximum Gasteiger partial charge on any atom is 0.323 e. The minimum Gasteiger partial charge on any atom is -0.468 e. The summed E-state index contributed by atoms with van der Waals surface area (Å²) < 4.78 is 17.9. The molecule has 0 aromatic heterocycles. The standard InChI is InChI=1S/C13H17ClFNO2/c1-8(2)12(13(17)18-3)16-7-9-4-5-10(14)11(15)6-9/h4-6,8,12,16H,7H2,1-3H3/t12-/m0/s1. The van der Waals surface area contributed by atoms with Crippen LogP contribution in [0.4, 0.5) is 4.39 Å². The number of nitrogens with one attached hydrogen (secondary N) is 1. The van der Waals surface area contributed by atoms with E-state index in [1.54, 1.807) is 6.07 Å². The predicted octanol–water partition coefficient (Wildman–Crippen LogP) is 2.77. The van der Waals surface area contributed by atoms with Gasteiger partial charge >= 0.3 is 5.97 Å². The lowest BCUT2D eigenvalue weighted by molar-refractivity contribution is -0.144. The average Bonchev–Trinajstić information content (AvgIpc) is 2.33. The van der Waals surface area contributed by atoms with Crippen molar-refractivity contribution in [3.63, 3.8) is 0 Å². The third-order valence-corrected chi connectivity index (χ3v) is 2.94. The van der Waals surface area contributed by atoms with E-state index in [9.17, 15) is 9.18 Å². The molecule has 0 aliphatic carbocycles. The zero-order valence-electron chi connectivity index (χ0n) is 10.7. The maximum atomic E-state index is 13.2. The van der Waals surface area contributed by atoms with Crippen molar-refractivity contribution in [1.29, 1.82) is 0 Å². The number of esters is 1. The monoisotopic (exact) mass is 273 g/mol. The summed E-state index contributed by atoms with van der Waals surface area (Å²) in [6.07, 6.45) is 0. The Morgan fingerprint density at radius 3 is 2.67 bits per heavy atom. The second-order valence-electron chi connectivity index (χ2n) is 4.37. The average molecular weight is 274 g/mol. The Hall–Kier alpha value is -1.13. The second-order valence-corrected chi connectivity index (χ2v) is 4.78. The molecule has 0 unspecified atom stereocenters. The molecule has 0 saturated carbocycles. The Balaban J connectivity index is 2.67. The largest absolute Gasteiger partial charge is 0.468 e. The summed E-state index contributed by atoms with van der Waals surface area (Å²) in [4.78, 5) is 11.5. The number of carbonyl (C=O) groups is 1. The van der Waals surface area contributed by atoms with Crippen LogP contribution in [0.3, 0.4) is 0 Å². The second kappa shape index (κ2) is 6.71. The Kier molecular flexibility index (Phi) is 5.56. The first-order valence-electron chi connectivity index (χ1n) is 5.70. The van der Waals surface area contributed by atoms with Crippen LogP contribution in [0.5, 0.6) is 0 Å². The van der Waals surface area contributed by atoms with E-state index in [2.05, 4.69) is 5.32 Å². The SMILES string of the molecule is COC(=O)[C@@H](NCc1ccc(Cl)c(F)c1)C(C)C. The molecule has 0 radical (unpaired) electrons. The summed E-state index contributed by atoms with van der Waals surface area (Å²) >= 11 is 5.60. The first-order chi connectivity index (χ1) is 8.45. The number of benzene rings is 1. The Labute approximate surface area is 111 Å². The fourth-order valence-electron chi connectivity index (χ4n) is 1.60. The van der Waals surface area contributed by atoms with Crippen LogP contribution in [0.15, 0.2) is 18.2 Å². The molecule has 0 fully saturated rings. The van der Waals surface area contributed by atoms with Crippen LogP contribution in [0.2, 0.25) is 5.02 Å². The fraction of sp³-hybridized carbons (Fsp3) is 0.462. The first-order valence-corrected chi connectivity index (χ1v) is 6.08. The van der Waals surface area contributed by atoms with Crippen molar-refractivity contribution < 1.29 is 13.9 Å². The molecule has 0 aliphatic heterocycles. The van der Waals surface area contributed by atoms with Crippen LogP contribution in [0, 0.1) is 11.7 Å². The summed E-state index contributed by atoms with van der Waals surface area (Å²) in [7, 11) is 1.35. The van der Waals surface area contributed by atoms with Crippen molar-refractivity contribution >= 4 is 17.6 Å². The van der Waals surface area contributed by atoms with Gasteiger partial charge in [-0.3, -0.25) is 4.79 Å². The number of methoxy groups -OCH3 is 1. The molecule has 0 heterocycles. The molecule has 0 aliphatic rings. The normalized spacial score (nSPS) is 12.6. The highest BCUT2D eigenvalue weighted by atomic mass is 35.5. The smallest absolute Gasteiger partial charge is 0.323 e. The molecule has 100 valence electrons.